The van der Waals surface area contributed by atoms with Crippen molar-refractivity contribution in [3.05, 3.63) is 45.5 Å². The molecule has 172 valence electrons. The molecule has 3 rings (SSSR count). The van der Waals surface area contributed by atoms with E-state index < -0.39 is 11.6 Å². The van der Waals surface area contributed by atoms with Gasteiger partial charge in [0.15, 0.2) is 0 Å². The van der Waals surface area contributed by atoms with E-state index in [1.807, 2.05) is 13.0 Å². The summed E-state index contributed by atoms with van der Waals surface area (Å²) in [7, 11) is 0. The van der Waals surface area contributed by atoms with E-state index in [1.54, 1.807) is 12.3 Å². The van der Waals surface area contributed by atoms with Gasteiger partial charge in [-0.2, -0.15) is 0 Å². The molecule has 7 nitrogen and oxygen atoms in total. The van der Waals surface area contributed by atoms with Gasteiger partial charge in [-0.3, -0.25) is 4.79 Å². The number of unbranched alkanes of at least 4 members (excludes halogenated alkanes) is 2. The number of furan rings is 1. The number of fused-ring (bicyclic) bond motifs is 2. The van der Waals surface area contributed by atoms with E-state index in [9.17, 15) is 19.5 Å². The third-order valence-electron chi connectivity index (χ3n) is 5.77. The first-order chi connectivity index (χ1) is 15.1. The Labute approximate surface area is 186 Å². The van der Waals surface area contributed by atoms with Crippen LogP contribution in [0, 0.1) is 6.92 Å². The Morgan fingerprint density at radius 2 is 1.78 bits per heavy atom. The molecule has 0 bridgehead atoms. The fraction of sp³-hybridized carbons (Fsp3) is 0.480. The molecule has 1 amide bonds. The third kappa shape index (κ3) is 5.39. The van der Waals surface area contributed by atoms with Crippen molar-refractivity contribution in [2.45, 2.75) is 71.6 Å². The van der Waals surface area contributed by atoms with Gasteiger partial charge in [-0.1, -0.05) is 27.2 Å². The largest absolute Gasteiger partial charge is 0.550 e. The maximum atomic E-state index is 12.6. The van der Waals surface area contributed by atoms with E-state index in [2.05, 4.69) is 26.1 Å². The van der Waals surface area contributed by atoms with Gasteiger partial charge in [0.05, 0.1) is 6.26 Å². The number of carbonyl (C=O) groups excluding carboxylic acids is 2. The zero-order chi connectivity index (χ0) is 23.5. The summed E-state index contributed by atoms with van der Waals surface area (Å²) in [5, 5.41) is 15.0. The van der Waals surface area contributed by atoms with Crippen LogP contribution in [0.5, 0.6) is 0 Å². The van der Waals surface area contributed by atoms with E-state index in [1.165, 1.54) is 0 Å². The van der Waals surface area contributed by atoms with Gasteiger partial charge in [0.2, 0.25) is 5.91 Å². The maximum absolute atomic E-state index is 12.6. The highest BCUT2D eigenvalue weighted by atomic mass is 16.4. The fourth-order valence-electron chi connectivity index (χ4n) is 3.91. The van der Waals surface area contributed by atoms with Gasteiger partial charge in [-0.15, -0.1) is 0 Å². The smallest absolute Gasteiger partial charge is 0.339 e. The molecule has 0 unspecified atom stereocenters. The van der Waals surface area contributed by atoms with Crippen molar-refractivity contribution in [3.63, 3.8) is 0 Å². The lowest BCUT2D eigenvalue weighted by Crippen LogP contribution is -2.26. The third-order valence-corrected chi connectivity index (χ3v) is 5.77. The van der Waals surface area contributed by atoms with Crippen LogP contribution in [0.15, 0.2) is 32.0 Å². The Kier molecular flexibility index (Phi) is 7.06. The van der Waals surface area contributed by atoms with Gasteiger partial charge in [0, 0.05) is 46.9 Å². The average molecular weight is 441 g/mol. The molecule has 3 aromatic rings. The van der Waals surface area contributed by atoms with E-state index >= 15 is 0 Å². The van der Waals surface area contributed by atoms with Crippen LogP contribution in [-0.4, -0.2) is 18.4 Å². The lowest BCUT2D eigenvalue weighted by atomic mass is 9.86. The molecular weight excluding hydrogens is 410 g/mol. The van der Waals surface area contributed by atoms with Crippen LogP contribution in [0.3, 0.4) is 0 Å². The number of carboxylic acid groups (broad SMARTS) is 1. The molecule has 0 fully saturated rings. The number of aryl methyl sites for hydroxylation is 1. The van der Waals surface area contributed by atoms with Gasteiger partial charge < -0.3 is 24.1 Å². The number of hydrogen-bond donors (Lipinski definition) is 1. The Morgan fingerprint density at radius 1 is 1.03 bits per heavy atom. The number of hydrogen-bond acceptors (Lipinski definition) is 6. The number of amides is 1. The van der Waals surface area contributed by atoms with Crippen molar-refractivity contribution in [1.29, 1.82) is 0 Å². The van der Waals surface area contributed by atoms with Gasteiger partial charge in [-0.05, 0) is 49.7 Å². The zero-order valence-corrected chi connectivity index (χ0v) is 19.1. The number of carboxylic acids is 1. The van der Waals surface area contributed by atoms with Gasteiger partial charge in [0.1, 0.15) is 11.2 Å². The summed E-state index contributed by atoms with van der Waals surface area (Å²) >= 11 is 0. The SMILES string of the molecule is Cc1c(CCC(=O)NCCCCCC(=O)[O-])c(=O)oc2cc3occ(C(C)(C)C)c3cc12. The quantitative estimate of drug-likeness (QED) is 0.402. The highest BCUT2D eigenvalue weighted by Crippen LogP contribution is 2.35. The predicted octanol–water partition coefficient (Wildman–Crippen LogP) is 3.50. The predicted molar refractivity (Wildman–Crippen MR) is 120 cm³/mol. The number of carbonyl (C=O) groups is 2. The fourth-order valence-corrected chi connectivity index (χ4v) is 3.91. The maximum Gasteiger partial charge on any atom is 0.339 e. The second kappa shape index (κ2) is 9.59. The van der Waals surface area contributed by atoms with Gasteiger partial charge >= 0.3 is 5.63 Å². The molecule has 7 heteroatoms. The molecular formula is C25H30NO6-. The van der Waals surface area contributed by atoms with Crippen LogP contribution in [0.1, 0.15) is 69.6 Å². The summed E-state index contributed by atoms with van der Waals surface area (Å²) in [6.45, 7) is 8.71. The molecule has 2 heterocycles. The minimum atomic E-state index is -1.05. The summed E-state index contributed by atoms with van der Waals surface area (Å²) in [6, 6.07) is 3.76. The first kappa shape index (κ1) is 23.6. The van der Waals surface area contributed by atoms with Crippen molar-refractivity contribution in [2.24, 2.45) is 0 Å². The lowest BCUT2D eigenvalue weighted by Gasteiger charge is -2.16. The van der Waals surface area contributed by atoms with Crippen molar-refractivity contribution >= 4 is 33.8 Å². The minimum absolute atomic E-state index is 0.0351. The van der Waals surface area contributed by atoms with E-state index in [-0.39, 0.29) is 30.6 Å². The van der Waals surface area contributed by atoms with Crippen molar-refractivity contribution in [2.75, 3.05) is 6.54 Å². The number of aliphatic carboxylic acids is 1. The molecule has 0 atom stereocenters. The Balaban J connectivity index is 1.71. The topological polar surface area (TPSA) is 113 Å². The number of nitrogens with one attached hydrogen (secondary N) is 1. The monoisotopic (exact) mass is 440 g/mol. The molecule has 2 aromatic heterocycles. The molecule has 0 saturated heterocycles. The molecule has 1 N–H and O–H groups in total. The van der Waals surface area contributed by atoms with Crippen molar-refractivity contribution < 1.29 is 23.5 Å². The summed E-state index contributed by atoms with van der Waals surface area (Å²) in [6.07, 6.45) is 4.20. The van der Waals surface area contributed by atoms with E-state index in [4.69, 9.17) is 8.83 Å². The van der Waals surface area contributed by atoms with Crippen molar-refractivity contribution in [3.8, 4) is 0 Å². The average Bonchev–Trinajstić information content (AvgIpc) is 3.12. The first-order valence-electron chi connectivity index (χ1n) is 11.0. The van der Waals surface area contributed by atoms with Crippen LogP contribution in [0.4, 0.5) is 0 Å². The van der Waals surface area contributed by atoms with Crippen LogP contribution < -0.4 is 16.0 Å². The molecule has 0 aliphatic rings. The Bertz CT molecular complexity index is 1200. The summed E-state index contributed by atoms with van der Waals surface area (Å²) in [5.74, 6) is -1.20. The van der Waals surface area contributed by atoms with Crippen LogP contribution in [0.25, 0.3) is 21.9 Å². The zero-order valence-electron chi connectivity index (χ0n) is 19.1. The Hall–Kier alpha value is -3.09. The van der Waals surface area contributed by atoms with Crippen molar-refractivity contribution in [1.82, 2.24) is 5.32 Å². The summed E-state index contributed by atoms with van der Waals surface area (Å²) in [4.78, 5) is 35.1. The minimum Gasteiger partial charge on any atom is -0.550 e. The normalized spacial score (nSPS) is 11.9. The molecule has 0 aliphatic heterocycles. The molecule has 0 saturated carbocycles. The van der Waals surface area contributed by atoms with Crippen LogP contribution in [0.2, 0.25) is 0 Å². The van der Waals surface area contributed by atoms with E-state index in [0.717, 1.165) is 21.9 Å². The van der Waals surface area contributed by atoms with Crippen LogP contribution in [-0.2, 0) is 21.4 Å². The second-order valence-electron chi connectivity index (χ2n) is 9.27. The summed E-state index contributed by atoms with van der Waals surface area (Å²) < 4.78 is 11.3. The number of benzene rings is 1. The van der Waals surface area contributed by atoms with Crippen LogP contribution >= 0.6 is 0 Å². The molecule has 1 aromatic carbocycles. The molecule has 0 radical (unpaired) electrons. The summed E-state index contributed by atoms with van der Waals surface area (Å²) in [5.41, 5.74) is 3.02. The molecule has 0 spiro atoms. The standard InChI is InChI=1S/C25H31NO6/c1-15-16(9-10-22(27)26-11-7-5-6-8-23(28)29)24(30)32-21-13-20-18(12-17(15)21)19(14-31-20)25(2,3)4/h12-14H,5-11H2,1-4H3,(H,26,27)(H,28,29)/p-1. The first-order valence-corrected chi connectivity index (χ1v) is 11.0. The highest BCUT2D eigenvalue weighted by molar-refractivity contribution is 5.96. The second-order valence-corrected chi connectivity index (χ2v) is 9.27. The van der Waals surface area contributed by atoms with E-state index in [0.29, 0.717) is 42.5 Å². The molecule has 0 aliphatic carbocycles. The number of rotatable bonds is 9. The van der Waals surface area contributed by atoms with Gasteiger partial charge in [0.25, 0.3) is 0 Å². The highest BCUT2D eigenvalue weighted by Gasteiger charge is 2.21. The lowest BCUT2D eigenvalue weighted by molar-refractivity contribution is -0.305. The molecule has 32 heavy (non-hydrogen) atoms. The van der Waals surface area contributed by atoms with Gasteiger partial charge in [-0.25, -0.2) is 4.79 Å². The Morgan fingerprint density at radius 3 is 2.47 bits per heavy atom.